The highest BCUT2D eigenvalue weighted by Crippen LogP contribution is 2.44. The number of nitrogens with one attached hydrogen (secondary N) is 1. The number of aliphatic hydroxyl groups excluding tert-OH is 1. The number of hydrogen-bond donors (Lipinski definition) is 3. The van der Waals surface area contributed by atoms with Gasteiger partial charge in [-0.2, -0.15) is 5.26 Å². The zero-order valence-corrected chi connectivity index (χ0v) is 19.0. The van der Waals surface area contributed by atoms with Crippen LogP contribution in [0.2, 0.25) is 5.02 Å². The molecule has 2 aliphatic rings. The fourth-order valence-electron chi connectivity index (χ4n) is 4.06. The van der Waals surface area contributed by atoms with E-state index in [-0.39, 0.29) is 44.5 Å². The van der Waals surface area contributed by atoms with Gasteiger partial charge in [0.15, 0.2) is 6.29 Å². The van der Waals surface area contributed by atoms with E-state index in [2.05, 4.69) is 4.72 Å². The molecule has 3 N–H and O–H groups in total. The van der Waals surface area contributed by atoms with E-state index in [1.165, 1.54) is 24.3 Å². The van der Waals surface area contributed by atoms with Crippen LogP contribution in [0.5, 0.6) is 5.75 Å². The molecule has 0 unspecified atom stereocenters. The van der Waals surface area contributed by atoms with E-state index in [4.69, 9.17) is 16.3 Å². The first-order chi connectivity index (χ1) is 15.3. The van der Waals surface area contributed by atoms with Gasteiger partial charge in [-0.15, -0.1) is 0 Å². The summed E-state index contributed by atoms with van der Waals surface area (Å²) in [5, 5.41) is 28.7. The molecule has 32 heavy (non-hydrogen) atoms. The first-order valence-electron chi connectivity index (χ1n) is 10.7. The average Bonchev–Trinajstić information content (AvgIpc) is 3.61. The highest BCUT2D eigenvalue weighted by Gasteiger charge is 2.32. The fourth-order valence-corrected chi connectivity index (χ4v) is 5.65. The Bertz CT molecular complexity index is 1150. The SMILES string of the molecule is N#Cc1cc(NS(=O)(=O)c2cc(C(O)O)ccc2C2CC2)c(OC2CCCCC2)cc1Cl. The van der Waals surface area contributed by atoms with Crippen molar-refractivity contribution >= 4 is 27.3 Å². The van der Waals surface area contributed by atoms with E-state index in [1.807, 2.05) is 6.07 Å². The second-order valence-corrected chi connectivity index (χ2v) is 10.4. The number of aliphatic hydroxyl groups is 2. The predicted octanol–water partition coefficient (Wildman–Crippen LogP) is 4.58. The molecule has 2 fully saturated rings. The smallest absolute Gasteiger partial charge is 0.262 e. The van der Waals surface area contributed by atoms with Gasteiger partial charge in [-0.3, -0.25) is 4.72 Å². The maximum absolute atomic E-state index is 13.4. The van der Waals surface area contributed by atoms with E-state index in [0.29, 0.717) is 5.56 Å². The van der Waals surface area contributed by atoms with Gasteiger partial charge in [0.2, 0.25) is 0 Å². The van der Waals surface area contributed by atoms with Crippen LogP contribution in [0, 0.1) is 11.3 Å². The number of nitriles is 1. The lowest BCUT2D eigenvalue weighted by Crippen LogP contribution is -2.21. The molecule has 0 atom stereocenters. The maximum Gasteiger partial charge on any atom is 0.262 e. The van der Waals surface area contributed by atoms with Crippen molar-refractivity contribution < 1.29 is 23.4 Å². The number of nitrogens with zero attached hydrogens (tertiary/aromatic N) is 1. The van der Waals surface area contributed by atoms with Gasteiger partial charge in [0.05, 0.1) is 27.3 Å². The number of hydrogen-bond acceptors (Lipinski definition) is 6. The highest BCUT2D eigenvalue weighted by molar-refractivity contribution is 7.92. The van der Waals surface area contributed by atoms with Crippen molar-refractivity contribution in [3.8, 4) is 11.8 Å². The fraction of sp³-hybridized carbons (Fsp3) is 0.435. The molecule has 0 amide bonds. The van der Waals surface area contributed by atoms with Crippen LogP contribution < -0.4 is 9.46 Å². The number of benzene rings is 2. The Labute approximate surface area is 192 Å². The van der Waals surface area contributed by atoms with Crippen LogP contribution in [0.4, 0.5) is 5.69 Å². The lowest BCUT2D eigenvalue weighted by molar-refractivity contribution is -0.0426. The monoisotopic (exact) mass is 476 g/mol. The summed E-state index contributed by atoms with van der Waals surface area (Å²) in [4.78, 5) is -0.0114. The number of ether oxygens (including phenoxy) is 1. The third kappa shape index (κ3) is 5.02. The summed E-state index contributed by atoms with van der Waals surface area (Å²) in [5.74, 6) is 0.389. The summed E-state index contributed by atoms with van der Waals surface area (Å²) in [7, 11) is -4.11. The first-order valence-corrected chi connectivity index (χ1v) is 12.6. The molecule has 0 radical (unpaired) electrons. The van der Waals surface area contributed by atoms with Crippen LogP contribution in [0.15, 0.2) is 35.2 Å². The zero-order valence-electron chi connectivity index (χ0n) is 17.4. The Morgan fingerprint density at radius 1 is 1.09 bits per heavy atom. The molecule has 2 saturated carbocycles. The molecule has 7 nitrogen and oxygen atoms in total. The van der Waals surface area contributed by atoms with Crippen LogP contribution in [-0.2, 0) is 10.0 Å². The lowest BCUT2D eigenvalue weighted by atomic mass is 9.98. The van der Waals surface area contributed by atoms with Gasteiger partial charge in [-0.05, 0) is 62.1 Å². The summed E-state index contributed by atoms with van der Waals surface area (Å²) < 4.78 is 35.5. The zero-order chi connectivity index (χ0) is 22.9. The molecular weight excluding hydrogens is 452 g/mol. The number of sulfonamides is 1. The Morgan fingerprint density at radius 3 is 2.44 bits per heavy atom. The highest BCUT2D eigenvalue weighted by atomic mass is 35.5. The van der Waals surface area contributed by atoms with Gasteiger partial charge in [-0.25, -0.2) is 8.42 Å². The summed E-state index contributed by atoms with van der Waals surface area (Å²) >= 11 is 6.20. The first kappa shape index (κ1) is 22.9. The third-order valence-electron chi connectivity index (χ3n) is 5.92. The Hall–Kier alpha value is -2.31. The van der Waals surface area contributed by atoms with Crippen molar-refractivity contribution in [2.45, 2.75) is 68.2 Å². The van der Waals surface area contributed by atoms with E-state index in [9.17, 15) is 23.9 Å². The van der Waals surface area contributed by atoms with Gasteiger partial charge >= 0.3 is 0 Å². The lowest BCUT2D eigenvalue weighted by Gasteiger charge is -2.25. The molecule has 0 aromatic heterocycles. The summed E-state index contributed by atoms with van der Waals surface area (Å²) in [6.07, 6.45) is 4.86. The second kappa shape index (κ2) is 9.28. The van der Waals surface area contributed by atoms with Crippen LogP contribution in [0.3, 0.4) is 0 Å². The third-order valence-corrected chi connectivity index (χ3v) is 7.66. The molecule has 2 aromatic rings. The predicted molar refractivity (Wildman–Crippen MR) is 120 cm³/mol. The molecule has 4 rings (SSSR count). The van der Waals surface area contributed by atoms with Crippen LogP contribution in [0.1, 0.15) is 73.8 Å². The Morgan fingerprint density at radius 2 is 1.81 bits per heavy atom. The quantitative estimate of drug-likeness (QED) is 0.503. The standard InChI is InChI=1S/C23H25ClN2O5S/c24-19-12-21(31-17-4-2-1-3-5-17)20(10-16(19)13-25)26-32(29,30)22-11-15(23(27)28)8-9-18(22)14-6-7-14/h8-12,14,17,23,26-28H,1-7H2. The van der Waals surface area contributed by atoms with E-state index in [0.717, 1.165) is 44.9 Å². The van der Waals surface area contributed by atoms with Crippen molar-refractivity contribution in [2.24, 2.45) is 0 Å². The topological polar surface area (TPSA) is 120 Å². The number of rotatable bonds is 7. The Kier molecular flexibility index (Phi) is 6.63. The van der Waals surface area contributed by atoms with E-state index >= 15 is 0 Å². The average molecular weight is 477 g/mol. The molecule has 0 heterocycles. The molecule has 170 valence electrons. The van der Waals surface area contributed by atoms with Crippen molar-refractivity contribution in [3.05, 3.63) is 52.0 Å². The summed E-state index contributed by atoms with van der Waals surface area (Å²) in [6.45, 7) is 0. The minimum Gasteiger partial charge on any atom is -0.488 e. The number of halogens is 1. The van der Waals surface area contributed by atoms with Crippen LogP contribution in [0.25, 0.3) is 0 Å². The van der Waals surface area contributed by atoms with E-state index < -0.39 is 16.3 Å². The molecule has 0 bridgehead atoms. The normalized spacial score (nSPS) is 17.2. The molecule has 2 aromatic carbocycles. The molecule has 0 saturated heterocycles. The van der Waals surface area contributed by atoms with Gasteiger partial charge in [0.1, 0.15) is 11.8 Å². The van der Waals surface area contributed by atoms with Crippen molar-refractivity contribution in [3.63, 3.8) is 0 Å². The van der Waals surface area contributed by atoms with Crippen molar-refractivity contribution in [1.29, 1.82) is 5.26 Å². The molecule has 0 spiro atoms. The van der Waals surface area contributed by atoms with Crippen molar-refractivity contribution in [1.82, 2.24) is 0 Å². The molecule has 2 aliphatic carbocycles. The molecule has 9 heteroatoms. The van der Waals surface area contributed by atoms with Gasteiger partial charge in [0.25, 0.3) is 10.0 Å². The summed E-state index contributed by atoms with van der Waals surface area (Å²) in [5.41, 5.74) is 0.976. The van der Waals surface area contributed by atoms with Gasteiger partial charge < -0.3 is 14.9 Å². The minimum atomic E-state index is -4.11. The second-order valence-electron chi connectivity index (χ2n) is 8.37. The largest absolute Gasteiger partial charge is 0.488 e. The summed E-state index contributed by atoms with van der Waals surface area (Å²) in [6, 6.07) is 9.24. The van der Waals surface area contributed by atoms with Crippen LogP contribution in [-0.4, -0.2) is 24.7 Å². The molecular formula is C23H25ClN2O5S. The molecule has 0 aliphatic heterocycles. The van der Waals surface area contributed by atoms with E-state index in [1.54, 1.807) is 6.07 Å². The Balaban J connectivity index is 1.72. The van der Waals surface area contributed by atoms with Crippen LogP contribution >= 0.6 is 11.6 Å². The van der Waals surface area contributed by atoms with Gasteiger partial charge in [0, 0.05) is 11.6 Å². The van der Waals surface area contributed by atoms with Gasteiger partial charge in [-0.1, -0.05) is 30.2 Å². The van der Waals surface area contributed by atoms with Crippen molar-refractivity contribution in [2.75, 3.05) is 4.72 Å². The maximum atomic E-state index is 13.4. The number of anilines is 1. The minimum absolute atomic E-state index is 0.0114.